The largest absolute Gasteiger partial charge is 0.457 e. The molecular formula is C21H19NO4. The van der Waals surface area contributed by atoms with Gasteiger partial charge in [0.1, 0.15) is 0 Å². The molecule has 0 aliphatic rings. The molecule has 3 rings (SSSR count). The van der Waals surface area contributed by atoms with E-state index in [0.29, 0.717) is 12.1 Å². The van der Waals surface area contributed by atoms with Crippen LogP contribution >= 0.6 is 0 Å². The second-order valence-corrected chi connectivity index (χ2v) is 5.88. The van der Waals surface area contributed by atoms with Crippen molar-refractivity contribution in [3.8, 4) is 0 Å². The molecule has 0 radical (unpaired) electrons. The number of aryl methyl sites for hydroxylation is 1. The highest BCUT2D eigenvalue weighted by Gasteiger charge is 2.26. The van der Waals surface area contributed by atoms with E-state index in [1.807, 2.05) is 37.3 Å². The molecule has 0 saturated heterocycles. The molecule has 132 valence electrons. The van der Waals surface area contributed by atoms with Gasteiger partial charge < -0.3 is 14.5 Å². The number of furan rings is 1. The molecule has 0 fully saturated rings. The second kappa shape index (κ2) is 8.16. The smallest absolute Gasteiger partial charge is 0.375 e. The van der Waals surface area contributed by atoms with E-state index >= 15 is 0 Å². The molecule has 1 N–H and O–H groups in total. The van der Waals surface area contributed by atoms with Gasteiger partial charge in [-0.25, -0.2) is 4.79 Å². The molecule has 0 spiro atoms. The van der Waals surface area contributed by atoms with Gasteiger partial charge in [-0.1, -0.05) is 60.2 Å². The summed E-state index contributed by atoms with van der Waals surface area (Å²) in [6.45, 7) is 2.35. The Morgan fingerprint density at radius 2 is 1.73 bits per heavy atom. The first-order chi connectivity index (χ1) is 12.6. The van der Waals surface area contributed by atoms with Crippen molar-refractivity contribution in [1.82, 2.24) is 5.32 Å². The summed E-state index contributed by atoms with van der Waals surface area (Å²) >= 11 is 0. The molecule has 1 heterocycles. The number of amides is 1. The van der Waals surface area contributed by atoms with Gasteiger partial charge in [-0.15, -0.1) is 0 Å². The first-order valence-electron chi connectivity index (χ1n) is 8.26. The zero-order chi connectivity index (χ0) is 18.4. The van der Waals surface area contributed by atoms with Crippen LogP contribution in [0.3, 0.4) is 0 Å². The lowest BCUT2D eigenvalue weighted by atomic mass is 10.1. The summed E-state index contributed by atoms with van der Waals surface area (Å²) in [6.07, 6.45) is 0.324. The van der Waals surface area contributed by atoms with Crippen LogP contribution in [-0.2, 0) is 16.1 Å². The maximum Gasteiger partial charge on any atom is 0.375 e. The van der Waals surface area contributed by atoms with E-state index < -0.39 is 18.0 Å². The molecule has 0 unspecified atom stereocenters. The SMILES string of the molecule is Cc1ccc(CNC(=O)[C@@H](OC(=O)c2ccco2)c2ccccc2)cc1. The van der Waals surface area contributed by atoms with Gasteiger partial charge in [-0.2, -0.15) is 0 Å². The van der Waals surface area contributed by atoms with Gasteiger partial charge in [-0.3, -0.25) is 4.79 Å². The fraction of sp³-hybridized carbons (Fsp3) is 0.143. The molecule has 26 heavy (non-hydrogen) atoms. The lowest BCUT2D eigenvalue weighted by molar-refractivity contribution is -0.130. The number of esters is 1. The maximum absolute atomic E-state index is 12.7. The van der Waals surface area contributed by atoms with Gasteiger partial charge in [0.2, 0.25) is 11.9 Å². The van der Waals surface area contributed by atoms with Gasteiger partial charge in [0.25, 0.3) is 5.91 Å². The van der Waals surface area contributed by atoms with Crippen molar-refractivity contribution in [2.45, 2.75) is 19.6 Å². The van der Waals surface area contributed by atoms with Crippen LogP contribution in [0, 0.1) is 6.92 Å². The first-order valence-corrected chi connectivity index (χ1v) is 8.26. The molecule has 0 aliphatic heterocycles. The summed E-state index contributed by atoms with van der Waals surface area (Å²) in [5.41, 5.74) is 2.71. The van der Waals surface area contributed by atoms with E-state index in [4.69, 9.17) is 9.15 Å². The number of nitrogens with one attached hydrogen (secondary N) is 1. The average molecular weight is 349 g/mol. The molecule has 5 heteroatoms. The van der Waals surface area contributed by atoms with Gasteiger partial charge in [0, 0.05) is 12.1 Å². The van der Waals surface area contributed by atoms with Crippen molar-refractivity contribution in [3.63, 3.8) is 0 Å². The Hall–Kier alpha value is -3.34. The Balaban J connectivity index is 1.73. The third kappa shape index (κ3) is 4.39. The molecule has 1 aromatic heterocycles. The summed E-state index contributed by atoms with van der Waals surface area (Å²) in [7, 11) is 0. The molecule has 0 aliphatic carbocycles. The minimum absolute atomic E-state index is 0.0530. The van der Waals surface area contributed by atoms with Crippen LogP contribution in [0.15, 0.2) is 77.4 Å². The minimum atomic E-state index is -1.06. The van der Waals surface area contributed by atoms with Crippen LogP contribution in [0.5, 0.6) is 0 Å². The van der Waals surface area contributed by atoms with Crippen molar-refractivity contribution in [2.24, 2.45) is 0 Å². The van der Waals surface area contributed by atoms with Crippen molar-refractivity contribution in [3.05, 3.63) is 95.4 Å². The number of carbonyl (C=O) groups excluding carboxylic acids is 2. The Kier molecular flexibility index (Phi) is 5.49. The summed E-state index contributed by atoms with van der Waals surface area (Å²) in [4.78, 5) is 24.9. The molecule has 5 nitrogen and oxygen atoms in total. The molecule has 2 aromatic carbocycles. The molecule has 0 saturated carbocycles. The third-order valence-corrected chi connectivity index (χ3v) is 3.88. The van der Waals surface area contributed by atoms with Gasteiger partial charge in [-0.05, 0) is 24.6 Å². The predicted octanol–water partition coefficient (Wildman–Crippen LogP) is 3.80. The number of rotatable bonds is 6. The van der Waals surface area contributed by atoms with Crippen LogP contribution in [-0.4, -0.2) is 11.9 Å². The van der Waals surface area contributed by atoms with Crippen molar-refractivity contribution in [1.29, 1.82) is 0 Å². The van der Waals surface area contributed by atoms with E-state index in [1.54, 1.807) is 30.3 Å². The van der Waals surface area contributed by atoms with Crippen LogP contribution in [0.1, 0.15) is 33.3 Å². The normalized spacial score (nSPS) is 11.6. The number of carbonyl (C=O) groups is 2. The van der Waals surface area contributed by atoms with E-state index in [-0.39, 0.29) is 5.76 Å². The van der Waals surface area contributed by atoms with Gasteiger partial charge in [0.15, 0.2) is 0 Å². The Morgan fingerprint density at radius 1 is 1.00 bits per heavy atom. The van der Waals surface area contributed by atoms with Crippen LogP contribution in [0.4, 0.5) is 0 Å². The average Bonchev–Trinajstić information content (AvgIpc) is 3.21. The Labute approximate surface area is 151 Å². The van der Waals surface area contributed by atoms with Crippen molar-refractivity contribution >= 4 is 11.9 Å². The number of ether oxygens (including phenoxy) is 1. The molecule has 1 atom stereocenters. The van der Waals surface area contributed by atoms with Crippen molar-refractivity contribution in [2.75, 3.05) is 0 Å². The zero-order valence-electron chi connectivity index (χ0n) is 14.3. The minimum Gasteiger partial charge on any atom is -0.457 e. The maximum atomic E-state index is 12.7. The van der Waals surface area contributed by atoms with E-state index in [0.717, 1.165) is 11.1 Å². The summed E-state index contributed by atoms with van der Waals surface area (Å²) < 4.78 is 10.5. The molecule has 3 aromatic rings. The first kappa shape index (κ1) is 17.5. The Morgan fingerprint density at radius 3 is 2.38 bits per heavy atom. The highest BCUT2D eigenvalue weighted by molar-refractivity contribution is 5.90. The predicted molar refractivity (Wildman–Crippen MR) is 96.3 cm³/mol. The quantitative estimate of drug-likeness (QED) is 0.687. The monoisotopic (exact) mass is 349 g/mol. The number of hydrogen-bond acceptors (Lipinski definition) is 4. The number of hydrogen-bond donors (Lipinski definition) is 1. The zero-order valence-corrected chi connectivity index (χ0v) is 14.3. The topological polar surface area (TPSA) is 68.5 Å². The highest BCUT2D eigenvalue weighted by atomic mass is 16.6. The Bertz CT molecular complexity index is 855. The highest BCUT2D eigenvalue weighted by Crippen LogP contribution is 2.20. The van der Waals surface area contributed by atoms with Crippen molar-refractivity contribution < 1.29 is 18.7 Å². The molecule has 0 bridgehead atoms. The van der Waals surface area contributed by atoms with E-state index in [9.17, 15) is 9.59 Å². The standard InChI is InChI=1S/C21H19NO4/c1-15-9-11-16(12-10-15)14-22-20(23)19(17-6-3-2-4-7-17)26-21(24)18-8-5-13-25-18/h2-13,19H,14H2,1H3,(H,22,23)/t19-/m0/s1. The van der Waals surface area contributed by atoms with Crippen LogP contribution in [0.2, 0.25) is 0 Å². The van der Waals surface area contributed by atoms with E-state index in [1.165, 1.54) is 12.3 Å². The summed E-state index contributed by atoms with van der Waals surface area (Å²) in [6, 6.07) is 19.8. The second-order valence-electron chi connectivity index (χ2n) is 5.88. The van der Waals surface area contributed by atoms with E-state index in [2.05, 4.69) is 5.32 Å². The lowest BCUT2D eigenvalue weighted by Crippen LogP contribution is -2.31. The lowest BCUT2D eigenvalue weighted by Gasteiger charge is -2.17. The molecular weight excluding hydrogens is 330 g/mol. The fourth-order valence-electron chi connectivity index (χ4n) is 2.45. The summed E-state index contributed by atoms with van der Waals surface area (Å²) in [5, 5.41) is 2.82. The van der Waals surface area contributed by atoms with Crippen LogP contribution in [0.25, 0.3) is 0 Å². The third-order valence-electron chi connectivity index (χ3n) is 3.88. The van der Waals surface area contributed by atoms with Crippen LogP contribution < -0.4 is 5.32 Å². The fourth-order valence-corrected chi connectivity index (χ4v) is 2.45. The summed E-state index contributed by atoms with van der Waals surface area (Å²) in [5.74, 6) is -1.02. The van der Waals surface area contributed by atoms with Gasteiger partial charge >= 0.3 is 5.97 Å². The number of benzene rings is 2. The van der Waals surface area contributed by atoms with Gasteiger partial charge in [0.05, 0.1) is 6.26 Å². The molecule has 1 amide bonds.